The third-order valence-corrected chi connectivity index (χ3v) is 7.09. The van der Waals surface area contributed by atoms with Gasteiger partial charge in [0.15, 0.2) is 15.9 Å². The Kier molecular flexibility index (Phi) is 9.11. The number of rotatable bonds is 11. The van der Waals surface area contributed by atoms with Gasteiger partial charge in [-0.05, 0) is 38.5 Å². The lowest BCUT2D eigenvalue weighted by atomic mass is 9.90. The van der Waals surface area contributed by atoms with E-state index in [2.05, 4.69) is 4.98 Å². The van der Waals surface area contributed by atoms with Crippen LogP contribution in [0.3, 0.4) is 0 Å². The van der Waals surface area contributed by atoms with Crippen molar-refractivity contribution >= 4 is 34.9 Å². The van der Waals surface area contributed by atoms with Crippen LogP contribution in [0, 0.1) is 11.8 Å². The smallest absolute Gasteiger partial charge is 0.355 e. The summed E-state index contributed by atoms with van der Waals surface area (Å²) in [7, 11) is 0. The lowest BCUT2D eigenvalue weighted by molar-refractivity contribution is -0.121. The van der Waals surface area contributed by atoms with Crippen molar-refractivity contribution < 1.29 is 33.0 Å². The number of aliphatic hydroxyl groups is 1. The molecule has 30 heavy (non-hydrogen) atoms. The maximum absolute atomic E-state index is 12.9. The lowest BCUT2D eigenvalue weighted by Crippen LogP contribution is -2.23. The van der Waals surface area contributed by atoms with E-state index >= 15 is 0 Å². The quantitative estimate of drug-likeness (QED) is 0.334. The van der Waals surface area contributed by atoms with Crippen molar-refractivity contribution in [3.63, 3.8) is 0 Å². The normalized spacial score (nSPS) is 21.2. The van der Waals surface area contributed by atoms with Crippen molar-refractivity contribution in [3.05, 3.63) is 35.1 Å². The minimum absolute atomic E-state index is 0.0110. The highest BCUT2D eigenvalue weighted by Gasteiger charge is 2.32. The number of carbonyl (C=O) groups is 2. The van der Waals surface area contributed by atoms with Gasteiger partial charge in [0.05, 0.1) is 5.60 Å². The molecule has 1 heterocycles. The molecule has 1 saturated carbocycles. The molecule has 166 valence electrons. The van der Waals surface area contributed by atoms with Crippen molar-refractivity contribution in [2.24, 2.45) is 11.8 Å². The molecule has 1 aliphatic rings. The van der Waals surface area contributed by atoms with E-state index in [1.54, 1.807) is 6.08 Å². The van der Waals surface area contributed by atoms with Gasteiger partial charge in [0, 0.05) is 29.9 Å². The molecule has 0 spiro atoms. The number of thiazole rings is 1. The van der Waals surface area contributed by atoms with Crippen LogP contribution in [0.2, 0.25) is 0 Å². The maximum Gasteiger partial charge on any atom is 0.355 e. The molecular formula is C20H24F3NO4S2. The zero-order chi connectivity index (χ0) is 22.3. The molecule has 1 aromatic heterocycles. The summed E-state index contributed by atoms with van der Waals surface area (Å²) < 4.78 is 37.8. The van der Waals surface area contributed by atoms with Crippen LogP contribution in [0.15, 0.2) is 33.8 Å². The average Bonchev–Trinajstić information content (AvgIpc) is 3.28. The fourth-order valence-corrected chi connectivity index (χ4v) is 5.20. The summed E-state index contributed by atoms with van der Waals surface area (Å²) >= 11 is 2.67. The molecule has 2 N–H and O–H groups in total. The van der Waals surface area contributed by atoms with Gasteiger partial charge in [-0.25, -0.2) is 14.2 Å². The third-order valence-electron chi connectivity index (χ3n) is 5.04. The predicted octanol–water partition coefficient (Wildman–Crippen LogP) is 5.47. The van der Waals surface area contributed by atoms with Crippen LogP contribution in [0.25, 0.3) is 0 Å². The molecule has 1 fully saturated rings. The molecule has 0 radical (unpaired) electrons. The van der Waals surface area contributed by atoms with Gasteiger partial charge in [-0.15, -0.1) is 11.3 Å². The van der Waals surface area contributed by atoms with E-state index in [0.717, 1.165) is 0 Å². The van der Waals surface area contributed by atoms with Crippen LogP contribution >= 0.6 is 23.1 Å². The molecule has 2 rings (SSSR count). The Morgan fingerprint density at radius 2 is 2.17 bits per heavy atom. The Labute approximate surface area is 181 Å². The molecular weight excluding hydrogens is 439 g/mol. The topological polar surface area (TPSA) is 87.5 Å². The second kappa shape index (κ2) is 11.1. The summed E-state index contributed by atoms with van der Waals surface area (Å²) in [6, 6.07) is 0. The van der Waals surface area contributed by atoms with E-state index < -0.39 is 29.9 Å². The Hall–Kier alpha value is -1.65. The van der Waals surface area contributed by atoms with Gasteiger partial charge >= 0.3 is 12.0 Å². The molecule has 1 aromatic rings. The Balaban J connectivity index is 1.83. The van der Waals surface area contributed by atoms with Crippen molar-refractivity contribution in [3.8, 4) is 0 Å². The second-order valence-corrected chi connectivity index (χ2v) is 9.71. The number of carboxylic acid groups (broad SMARTS) is 1. The first kappa shape index (κ1) is 24.6. The summed E-state index contributed by atoms with van der Waals surface area (Å²) in [6.07, 6.45) is 2.59. The largest absolute Gasteiger partial charge is 0.476 e. The fraction of sp³-hybridized carbons (Fsp3) is 0.550. The standard InChI is InChI=1S/C20H24F3NO4S2/c1-20(28,9-6-14(21)17(22)23)8-2-3-12-4-5-16(25)13(12)7-10-29-19-24-15(11-30-19)18(26)27/h2-3,11-13,28H,4-10H2,1H3,(H,26,27)/b3-2+/t12-,13+,20+/m0/s1. The first-order valence-electron chi connectivity index (χ1n) is 9.52. The number of hydrogen-bond acceptors (Lipinski definition) is 6. The van der Waals surface area contributed by atoms with E-state index in [9.17, 15) is 27.9 Å². The first-order valence-corrected chi connectivity index (χ1v) is 11.4. The maximum atomic E-state index is 12.9. The molecule has 0 unspecified atom stereocenters. The van der Waals surface area contributed by atoms with Gasteiger partial charge in [0.25, 0.3) is 0 Å². The minimum Gasteiger partial charge on any atom is -0.476 e. The number of halogens is 3. The fourth-order valence-electron chi connectivity index (χ4n) is 3.31. The van der Waals surface area contributed by atoms with Crippen molar-refractivity contribution in [1.82, 2.24) is 4.98 Å². The van der Waals surface area contributed by atoms with Gasteiger partial charge in [-0.1, -0.05) is 23.9 Å². The average molecular weight is 464 g/mol. The summed E-state index contributed by atoms with van der Waals surface area (Å²) in [5.74, 6) is -1.90. The van der Waals surface area contributed by atoms with E-state index in [1.807, 2.05) is 6.08 Å². The number of nitrogens with zero attached hydrogens (tertiary/aromatic N) is 1. The molecule has 10 heteroatoms. The van der Waals surface area contributed by atoms with Crippen LogP contribution in [-0.4, -0.2) is 38.3 Å². The molecule has 5 nitrogen and oxygen atoms in total. The number of aromatic carboxylic acids is 1. The number of carbonyl (C=O) groups excluding carboxylic acids is 1. The van der Waals surface area contributed by atoms with Gasteiger partial charge in [-0.2, -0.15) is 8.78 Å². The number of ketones is 1. The van der Waals surface area contributed by atoms with Crippen LogP contribution in [0.5, 0.6) is 0 Å². The summed E-state index contributed by atoms with van der Waals surface area (Å²) in [5.41, 5.74) is -1.30. The third kappa shape index (κ3) is 7.55. The van der Waals surface area contributed by atoms with Gasteiger partial charge in [-0.3, -0.25) is 4.79 Å². The molecule has 0 amide bonds. The monoisotopic (exact) mass is 463 g/mol. The number of carboxylic acids is 1. The highest BCUT2D eigenvalue weighted by molar-refractivity contribution is 8.01. The number of allylic oxidation sites excluding steroid dienone is 2. The zero-order valence-electron chi connectivity index (χ0n) is 16.4. The predicted molar refractivity (Wildman–Crippen MR) is 110 cm³/mol. The number of hydrogen-bond donors (Lipinski definition) is 2. The summed E-state index contributed by atoms with van der Waals surface area (Å²) in [6.45, 7) is 1.47. The van der Waals surface area contributed by atoms with Gasteiger partial charge < -0.3 is 10.2 Å². The SMILES string of the molecule is C[C@@](O)(C/C=C/[C@H]1CCC(=O)[C@@H]1CCSc1nc(C(=O)O)cs1)CCC(F)=C(F)F. The highest BCUT2D eigenvalue weighted by atomic mass is 32.2. The second-order valence-electron chi connectivity index (χ2n) is 7.51. The number of aromatic nitrogens is 1. The van der Waals surface area contributed by atoms with Gasteiger partial charge in [0.1, 0.15) is 5.78 Å². The first-order chi connectivity index (χ1) is 14.1. The number of Topliss-reactive ketones (excluding diaryl/α,β-unsaturated/α-hetero) is 1. The minimum atomic E-state index is -2.36. The van der Waals surface area contributed by atoms with Crippen LogP contribution in [0.4, 0.5) is 13.2 Å². The molecule has 0 aromatic carbocycles. The molecule has 3 atom stereocenters. The molecule has 1 aliphatic carbocycles. The van der Waals surface area contributed by atoms with Crippen LogP contribution in [-0.2, 0) is 4.79 Å². The molecule has 0 aliphatic heterocycles. The number of thioether (sulfide) groups is 1. The van der Waals surface area contributed by atoms with Crippen molar-refractivity contribution in [2.75, 3.05) is 5.75 Å². The van der Waals surface area contributed by atoms with E-state index in [0.29, 0.717) is 29.4 Å². The summed E-state index contributed by atoms with van der Waals surface area (Å²) in [4.78, 5) is 27.1. The summed E-state index contributed by atoms with van der Waals surface area (Å²) in [5, 5.41) is 20.6. The van der Waals surface area contributed by atoms with E-state index in [1.165, 1.54) is 35.4 Å². The van der Waals surface area contributed by atoms with Crippen LogP contribution < -0.4 is 0 Å². The van der Waals surface area contributed by atoms with Crippen molar-refractivity contribution in [1.29, 1.82) is 0 Å². The Morgan fingerprint density at radius 3 is 2.80 bits per heavy atom. The van der Waals surface area contributed by atoms with Crippen LogP contribution in [0.1, 0.15) is 55.9 Å². The molecule has 0 bridgehead atoms. The van der Waals surface area contributed by atoms with Gasteiger partial charge in [0.2, 0.25) is 0 Å². The van der Waals surface area contributed by atoms with Crippen molar-refractivity contribution in [2.45, 2.75) is 55.4 Å². The Bertz CT molecular complexity index is 819. The lowest BCUT2D eigenvalue weighted by Gasteiger charge is -2.21. The van der Waals surface area contributed by atoms with E-state index in [4.69, 9.17) is 5.11 Å². The highest BCUT2D eigenvalue weighted by Crippen LogP contribution is 2.35. The Morgan fingerprint density at radius 1 is 1.43 bits per heavy atom. The zero-order valence-corrected chi connectivity index (χ0v) is 18.1. The molecule has 0 saturated heterocycles. The van der Waals surface area contributed by atoms with E-state index in [-0.39, 0.29) is 36.2 Å².